The molecule has 20 heavy (non-hydrogen) atoms. The van der Waals surface area contributed by atoms with Crippen molar-refractivity contribution in [1.29, 1.82) is 0 Å². The first-order chi connectivity index (χ1) is 9.43. The Kier molecular flexibility index (Phi) is 10.6. The summed E-state index contributed by atoms with van der Waals surface area (Å²) in [7, 11) is 3.92. The van der Waals surface area contributed by atoms with Crippen molar-refractivity contribution in [2.75, 3.05) is 47.1 Å². The Balaban J connectivity index is 3.37. The number of hydrogen-bond acceptors (Lipinski definition) is 6. The predicted octanol–water partition coefficient (Wildman–Crippen LogP) is 1.01. The second-order valence-electron chi connectivity index (χ2n) is 4.66. The van der Waals surface area contributed by atoms with Crippen molar-refractivity contribution >= 4 is 11.9 Å². The molecule has 0 aromatic rings. The van der Waals surface area contributed by atoms with E-state index in [4.69, 9.17) is 14.2 Å². The van der Waals surface area contributed by atoms with Crippen LogP contribution in [0.25, 0.3) is 0 Å². The number of nitrogens with zero attached hydrogens (tertiary/aromatic N) is 1. The van der Waals surface area contributed by atoms with Crippen LogP contribution in [0.3, 0.4) is 0 Å². The lowest BCUT2D eigenvalue weighted by molar-refractivity contribution is -0.147. The molecule has 0 radical (unpaired) electrons. The first-order valence-corrected chi connectivity index (χ1v) is 6.64. The third kappa shape index (κ3) is 11.7. The fraction of sp³-hybridized carbons (Fsp3) is 0.714. The van der Waals surface area contributed by atoms with Crippen LogP contribution in [-0.4, -0.2) is 63.9 Å². The molecule has 0 aromatic carbocycles. The summed E-state index contributed by atoms with van der Waals surface area (Å²) in [5, 5.41) is 0. The number of carbonyl (C=O) groups is 2. The summed E-state index contributed by atoms with van der Waals surface area (Å²) in [4.78, 5) is 24.4. The van der Waals surface area contributed by atoms with Gasteiger partial charge in [-0.05, 0) is 27.4 Å². The van der Waals surface area contributed by atoms with E-state index in [1.807, 2.05) is 19.0 Å². The molecule has 0 fully saturated rings. The van der Waals surface area contributed by atoms with Gasteiger partial charge in [-0.25, -0.2) is 4.79 Å². The minimum atomic E-state index is -0.437. The minimum absolute atomic E-state index is 0.195. The highest BCUT2D eigenvalue weighted by molar-refractivity contribution is 5.86. The molecule has 0 saturated carbocycles. The third-order valence-corrected chi connectivity index (χ3v) is 2.28. The van der Waals surface area contributed by atoms with Gasteiger partial charge in [0.15, 0.2) is 0 Å². The first kappa shape index (κ1) is 18.6. The Morgan fingerprint density at radius 2 is 1.75 bits per heavy atom. The molecule has 0 unspecified atom stereocenters. The quantitative estimate of drug-likeness (QED) is 0.321. The molecule has 0 atom stereocenters. The van der Waals surface area contributed by atoms with E-state index in [9.17, 15) is 9.59 Å². The second kappa shape index (κ2) is 11.4. The number of carbonyl (C=O) groups excluding carboxylic acids is 2. The van der Waals surface area contributed by atoms with Gasteiger partial charge in [0.1, 0.15) is 6.61 Å². The maximum Gasteiger partial charge on any atom is 0.333 e. The van der Waals surface area contributed by atoms with Crippen LogP contribution in [-0.2, 0) is 23.8 Å². The van der Waals surface area contributed by atoms with Crippen molar-refractivity contribution in [3.63, 3.8) is 0 Å². The van der Waals surface area contributed by atoms with Crippen molar-refractivity contribution in [3.8, 4) is 0 Å². The summed E-state index contributed by atoms with van der Waals surface area (Å²) in [5.74, 6) is -0.750. The number of ether oxygens (including phenoxy) is 3. The third-order valence-electron chi connectivity index (χ3n) is 2.28. The Morgan fingerprint density at radius 3 is 2.35 bits per heavy atom. The number of esters is 2. The normalized spacial score (nSPS) is 10.4. The van der Waals surface area contributed by atoms with Crippen LogP contribution in [0, 0.1) is 0 Å². The van der Waals surface area contributed by atoms with E-state index in [2.05, 4.69) is 6.58 Å². The molecule has 6 nitrogen and oxygen atoms in total. The SMILES string of the molecule is C=C(C)C(=O)OCCCC(=O)OCCOCCN(C)C. The Hall–Kier alpha value is -1.40. The summed E-state index contributed by atoms with van der Waals surface area (Å²) in [6.45, 7) is 7.32. The van der Waals surface area contributed by atoms with Gasteiger partial charge in [-0.1, -0.05) is 6.58 Å². The fourth-order valence-corrected chi connectivity index (χ4v) is 1.14. The molecule has 0 amide bonds. The monoisotopic (exact) mass is 287 g/mol. The zero-order valence-electron chi connectivity index (χ0n) is 12.6. The molecule has 0 rings (SSSR count). The molecule has 0 bridgehead atoms. The first-order valence-electron chi connectivity index (χ1n) is 6.64. The largest absolute Gasteiger partial charge is 0.463 e. The zero-order chi connectivity index (χ0) is 15.4. The maximum absolute atomic E-state index is 11.3. The summed E-state index contributed by atoms with van der Waals surface area (Å²) in [5.41, 5.74) is 0.349. The summed E-state index contributed by atoms with van der Waals surface area (Å²) in [6.07, 6.45) is 0.667. The van der Waals surface area contributed by atoms with Gasteiger partial charge >= 0.3 is 11.9 Å². The molecule has 0 aliphatic heterocycles. The lowest BCUT2D eigenvalue weighted by atomic mass is 10.3. The van der Waals surface area contributed by atoms with E-state index in [1.165, 1.54) is 0 Å². The number of rotatable bonds is 11. The van der Waals surface area contributed by atoms with E-state index >= 15 is 0 Å². The predicted molar refractivity (Wildman–Crippen MR) is 75.3 cm³/mol. The van der Waals surface area contributed by atoms with Gasteiger partial charge in [0, 0.05) is 18.5 Å². The highest BCUT2D eigenvalue weighted by Gasteiger charge is 2.05. The topological polar surface area (TPSA) is 65.1 Å². The summed E-state index contributed by atoms with van der Waals surface area (Å²) in [6, 6.07) is 0. The van der Waals surface area contributed by atoms with E-state index in [0.29, 0.717) is 25.2 Å². The standard InChI is InChI=1S/C14H25NO5/c1-12(2)14(17)20-8-5-6-13(16)19-11-10-18-9-7-15(3)4/h1,5-11H2,2-4H3. The molecule has 6 heteroatoms. The van der Waals surface area contributed by atoms with Crippen LogP contribution in [0.4, 0.5) is 0 Å². The van der Waals surface area contributed by atoms with Crippen molar-refractivity contribution in [1.82, 2.24) is 4.90 Å². The highest BCUT2D eigenvalue weighted by Crippen LogP contribution is 1.97. The van der Waals surface area contributed by atoms with Crippen LogP contribution >= 0.6 is 0 Å². The Morgan fingerprint density at radius 1 is 1.05 bits per heavy atom. The zero-order valence-corrected chi connectivity index (χ0v) is 12.6. The average molecular weight is 287 g/mol. The molecule has 0 N–H and O–H groups in total. The second-order valence-corrected chi connectivity index (χ2v) is 4.66. The van der Waals surface area contributed by atoms with Gasteiger partial charge in [-0.3, -0.25) is 4.79 Å². The van der Waals surface area contributed by atoms with Gasteiger partial charge in [0.25, 0.3) is 0 Å². The van der Waals surface area contributed by atoms with Crippen LogP contribution < -0.4 is 0 Å². The average Bonchev–Trinajstić information content (AvgIpc) is 2.37. The van der Waals surface area contributed by atoms with Crippen LogP contribution in [0.2, 0.25) is 0 Å². The van der Waals surface area contributed by atoms with Crippen molar-refractivity contribution in [3.05, 3.63) is 12.2 Å². The van der Waals surface area contributed by atoms with Gasteiger partial charge in [-0.15, -0.1) is 0 Å². The molecule has 0 aliphatic carbocycles. The van der Waals surface area contributed by atoms with Crippen molar-refractivity contribution in [2.45, 2.75) is 19.8 Å². The van der Waals surface area contributed by atoms with Gasteiger partial charge in [-0.2, -0.15) is 0 Å². The summed E-state index contributed by atoms with van der Waals surface area (Å²) >= 11 is 0. The van der Waals surface area contributed by atoms with Crippen molar-refractivity contribution in [2.24, 2.45) is 0 Å². The molecule has 0 saturated heterocycles. The summed E-state index contributed by atoms with van der Waals surface area (Å²) < 4.78 is 15.1. The Labute approximate surface area is 120 Å². The molecule has 116 valence electrons. The van der Waals surface area contributed by atoms with Gasteiger partial charge < -0.3 is 19.1 Å². The smallest absolute Gasteiger partial charge is 0.333 e. The lowest BCUT2D eigenvalue weighted by Gasteiger charge is -2.10. The highest BCUT2D eigenvalue weighted by atomic mass is 16.6. The number of likely N-dealkylation sites (N-methyl/N-ethyl adjacent to an activating group) is 1. The fourth-order valence-electron chi connectivity index (χ4n) is 1.14. The molecule has 0 spiro atoms. The van der Waals surface area contributed by atoms with Crippen LogP contribution in [0.15, 0.2) is 12.2 Å². The van der Waals surface area contributed by atoms with E-state index in [0.717, 1.165) is 6.54 Å². The Bertz CT molecular complexity index is 315. The van der Waals surface area contributed by atoms with Crippen LogP contribution in [0.5, 0.6) is 0 Å². The maximum atomic E-state index is 11.3. The molecular weight excluding hydrogens is 262 g/mol. The van der Waals surface area contributed by atoms with E-state index in [1.54, 1.807) is 6.92 Å². The molecule has 0 aromatic heterocycles. The minimum Gasteiger partial charge on any atom is -0.463 e. The van der Waals surface area contributed by atoms with Gasteiger partial charge in [0.2, 0.25) is 0 Å². The van der Waals surface area contributed by atoms with Gasteiger partial charge in [0.05, 0.1) is 19.8 Å². The molecule has 0 heterocycles. The lowest BCUT2D eigenvalue weighted by Crippen LogP contribution is -2.19. The van der Waals surface area contributed by atoms with E-state index in [-0.39, 0.29) is 25.6 Å². The van der Waals surface area contributed by atoms with Crippen molar-refractivity contribution < 1.29 is 23.8 Å². The molecule has 0 aliphatic rings. The van der Waals surface area contributed by atoms with E-state index < -0.39 is 5.97 Å². The van der Waals surface area contributed by atoms with Crippen LogP contribution in [0.1, 0.15) is 19.8 Å². The molecular formula is C14H25NO5. The number of hydrogen-bond donors (Lipinski definition) is 0.